The average molecular weight is 422 g/mol. The normalized spacial score (nSPS) is 23.3. The molecular weight excluding hydrogens is 398 g/mol. The first kappa shape index (κ1) is 19.4. The number of carbonyl (C=O) groups excluding carboxylic acids is 1. The Morgan fingerprint density at radius 2 is 2.11 bits per heavy atom. The van der Waals surface area contributed by atoms with Crippen LogP contribution in [-0.2, 0) is 27.5 Å². The topological polar surface area (TPSA) is 102 Å². The number of nitrogens with one attached hydrogen (secondary N) is 1. The fourth-order valence-electron chi connectivity index (χ4n) is 3.93. The van der Waals surface area contributed by atoms with E-state index in [4.69, 9.17) is 4.42 Å². The third kappa shape index (κ3) is 4.75. The van der Waals surface area contributed by atoms with Crippen molar-refractivity contribution in [2.45, 2.75) is 43.4 Å². The maximum absolute atomic E-state index is 12.4. The zero-order valence-electron chi connectivity index (χ0n) is 15.5. The van der Waals surface area contributed by atoms with E-state index in [1.54, 1.807) is 0 Å². The van der Waals surface area contributed by atoms with Gasteiger partial charge in [0.15, 0.2) is 9.84 Å². The highest BCUT2D eigenvalue weighted by atomic mass is 32.2. The molecule has 28 heavy (non-hydrogen) atoms. The number of fused-ring (bicyclic) bond motifs is 1. The number of aromatic nitrogens is 2. The molecular formula is C19H23N3O4S2. The van der Waals surface area contributed by atoms with E-state index in [0.717, 1.165) is 19.3 Å². The summed E-state index contributed by atoms with van der Waals surface area (Å²) in [6, 6.07) is 8.30. The minimum Gasteiger partial charge on any atom is -0.416 e. The summed E-state index contributed by atoms with van der Waals surface area (Å²) in [5, 5.41) is 11.4. The smallest absolute Gasteiger partial charge is 0.277 e. The predicted molar refractivity (Wildman–Crippen MR) is 106 cm³/mol. The largest absolute Gasteiger partial charge is 0.416 e. The molecule has 2 aliphatic rings. The van der Waals surface area contributed by atoms with Crippen LogP contribution >= 0.6 is 11.8 Å². The number of carbonyl (C=O) groups is 1. The van der Waals surface area contributed by atoms with Gasteiger partial charge < -0.3 is 9.73 Å². The Balaban J connectivity index is 1.27. The third-order valence-corrected chi connectivity index (χ3v) is 7.93. The summed E-state index contributed by atoms with van der Waals surface area (Å²) >= 11 is 1.21. The number of benzene rings is 1. The van der Waals surface area contributed by atoms with E-state index in [2.05, 4.69) is 27.6 Å². The summed E-state index contributed by atoms with van der Waals surface area (Å²) in [7, 11) is -2.91. The Hall–Kier alpha value is -1.87. The van der Waals surface area contributed by atoms with Gasteiger partial charge in [0.05, 0.1) is 23.3 Å². The zero-order valence-corrected chi connectivity index (χ0v) is 17.1. The maximum Gasteiger partial charge on any atom is 0.277 e. The molecule has 1 aromatic heterocycles. The van der Waals surface area contributed by atoms with Crippen LogP contribution in [0.2, 0.25) is 0 Å². The minimum absolute atomic E-state index is 0.0398. The quantitative estimate of drug-likeness (QED) is 0.714. The number of nitrogens with zero attached hydrogens (tertiary/aromatic N) is 2. The van der Waals surface area contributed by atoms with Gasteiger partial charge in [-0.05, 0) is 42.7 Å². The van der Waals surface area contributed by atoms with Crippen LogP contribution < -0.4 is 5.32 Å². The van der Waals surface area contributed by atoms with Gasteiger partial charge in [0.25, 0.3) is 5.22 Å². The molecule has 1 aliphatic carbocycles. The molecule has 0 bridgehead atoms. The molecule has 0 spiro atoms. The fourth-order valence-corrected chi connectivity index (χ4v) is 6.38. The van der Waals surface area contributed by atoms with Crippen LogP contribution in [0.5, 0.6) is 0 Å². The highest BCUT2D eigenvalue weighted by Crippen LogP contribution is 2.29. The van der Waals surface area contributed by atoms with Gasteiger partial charge in [-0.15, -0.1) is 10.2 Å². The molecule has 1 aliphatic heterocycles. The Bertz CT molecular complexity index is 958. The van der Waals surface area contributed by atoms with E-state index < -0.39 is 9.84 Å². The van der Waals surface area contributed by atoms with Crippen molar-refractivity contribution in [2.75, 3.05) is 17.3 Å². The van der Waals surface area contributed by atoms with E-state index in [1.807, 2.05) is 12.1 Å². The van der Waals surface area contributed by atoms with E-state index >= 15 is 0 Å². The van der Waals surface area contributed by atoms with Crippen molar-refractivity contribution in [3.63, 3.8) is 0 Å². The lowest BCUT2D eigenvalue weighted by molar-refractivity contribution is -0.119. The van der Waals surface area contributed by atoms with Crippen LogP contribution in [0.25, 0.3) is 0 Å². The molecule has 0 radical (unpaired) electrons. The number of amides is 1. The average Bonchev–Trinajstić information content (AvgIpc) is 3.26. The maximum atomic E-state index is 12.4. The van der Waals surface area contributed by atoms with Gasteiger partial charge >= 0.3 is 0 Å². The van der Waals surface area contributed by atoms with Crippen molar-refractivity contribution in [1.29, 1.82) is 0 Å². The number of rotatable bonds is 6. The van der Waals surface area contributed by atoms with Gasteiger partial charge in [-0.25, -0.2) is 8.42 Å². The van der Waals surface area contributed by atoms with Crippen LogP contribution in [0, 0.1) is 5.92 Å². The SMILES string of the molecule is O=C(CSc1nnc(C[C@@H]2CCS(=O)(=O)C2)o1)N[C@H]1CCCc2ccccc21. The fraction of sp³-hybridized carbons (Fsp3) is 0.526. The molecule has 2 atom stereocenters. The van der Waals surface area contributed by atoms with Crippen molar-refractivity contribution in [3.8, 4) is 0 Å². The highest BCUT2D eigenvalue weighted by molar-refractivity contribution is 7.99. The summed E-state index contributed by atoms with van der Waals surface area (Å²) in [5.41, 5.74) is 2.51. The molecule has 1 fully saturated rings. The van der Waals surface area contributed by atoms with E-state index in [9.17, 15) is 13.2 Å². The lowest BCUT2D eigenvalue weighted by Gasteiger charge is -2.26. The van der Waals surface area contributed by atoms with Crippen LogP contribution in [0.15, 0.2) is 33.9 Å². The van der Waals surface area contributed by atoms with Crippen molar-refractivity contribution in [2.24, 2.45) is 5.92 Å². The summed E-state index contributed by atoms with van der Waals surface area (Å²) in [5.74, 6) is 1.04. The molecule has 1 N–H and O–H groups in total. The van der Waals surface area contributed by atoms with Crippen LogP contribution in [0.4, 0.5) is 0 Å². The molecule has 4 rings (SSSR count). The third-order valence-electron chi connectivity index (χ3n) is 5.27. The molecule has 9 heteroatoms. The summed E-state index contributed by atoms with van der Waals surface area (Å²) in [6.45, 7) is 0. The van der Waals surface area contributed by atoms with Crippen LogP contribution in [-0.4, -0.2) is 41.8 Å². The Morgan fingerprint density at radius 1 is 1.25 bits per heavy atom. The van der Waals surface area contributed by atoms with Crippen molar-refractivity contribution < 1.29 is 17.6 Å². The van der Waals surface area contributed by atoms with Gasteiger partial charge in [-0.2, -0.15) is 0 Å². The lowest BCUT2D eigenvalue weighted by Crippen LogP contribution is -2.32. The van der Waals surface area contributed by atoms with Crippen molar-refractivity contribution >= 4 is 27.5 Å². The van der Waals surface area contributed by atoms with Gasteiger partial charge in [0, 0.05) is 6.42 Å². The molecule has 2 heterocycles. The van der Waals surface area contributed by atoms with Gasteiger partial charge in [0.2, 0.25) is 11.8 Å². The molecule has 1 aromatic carbocycles. The number of hydrogen-bond acceptors (Lipinski definition) is 7. The minimum atomic E-state index is -2.91. The van der Waals surface area contributed by atoms with Crippen molar-refractivity contribution in [3.05, 3.63) is 41.3 Å². The standard InChI is InChI=1S/C19H23N3O4S2/c23-17(20-16-7-3-5-14-4-1-2-6-15(14)16)11-27-19-22-21-18(26-19)10-13-8-9-28(24,25)12-13/h1-2,4,6,13,16H,3,5,7-12H2,(H,20,23)/t13-,16-/m0/s1. The molecule has 2 aromatic rings. The predicted octanol–water partition coefficient (Wildman–Crippen LogP) is 2.33. The molecule has 0 unspecified atom stereocenters. The number of hydrogen-bond donors (Lipinski definition) is 1. The lowest BCUT2D eigenvalue weighted by atomic mass is 9.88. The first-order valence-corrected chi connectivity index (χ1v) is 12.3. The number of sulfone groups is 1. The van der Waals surface area contributed by atoms with Gasteiger partial charge in [-0.3, -0.25) is 4.79 Å². The van der Waals surface area contributed by atoms with Gasteiger partial charge in [0.1, 0.15) is 0 Å². The molecule has 0 saturated carbocycles. The van der Waals surface area contributed by atoms with E-state index in [1.165, 1.54) is 22.9 Å². The van der Waals surface area contributed by atoms with Gasteiger partial charge in [-0.1, -0.05) is 36.0 Å². The first-order valence-electron chi connectivity index (χ1n) is 9.51. The Labute approximate surface area is 168 Å². The monoisotopic (exact) mass is 421 g/mol. The number of aryl methyl sites for hydroxylation is 1. The summed E-state index contributed by atoms with van der Waals surface area (Å²) in [4.78, 5) is 12.4. The second-order valence-corrected chi connectivity index (χ2v) is 10.6. The highest BCUT2D eigenvalue weighted by Gasteiger charge is 2.29. The molecule has 1 saturated heterocycles. The number of thioether (sulfide) groups is 1. The molecule has 1 amide bonds. The summed E-state index contributed by atoms with van der Waals surface area (Å²) in [6.07, 6.45) is 4.18. The zero-order chi connectivity index (χ0) is 19.6. The first-order chi connectivity index (χ1) is 13.5. The van der Waals surface area contributed by atoms with Crippen LogP contribution in [0.3, 0.4) is 0 Å². The van der Waals surface area contributed by atoms with E-state index in [-0.39, 0.29) is 35.1 Å². The van der Waals surface area contributed by atoms with E-state index in [0.29, 0.717) is 24.0 Å². The Kier molecular flexibility index (Phi) is 5.73. The van der Waals surface area contributed by atoms with Crippen LogP contribution in [0.1, 0.15) is 42.3 Å². The van der Waals surface area contributed by atoms with Crippen molar-refractivity contribution in [1.82, 2.24) is 15.5 Å². The summed E-state index contributed by atoms with van der Waals surface area (Å²) < 4.78 is 28.7. The second-order valence-electron chi connectivity index (χ2n) is 7.43. The molecule has 150 valence electrons. The second kappa shape index (κ2) is 8.24. The molecule has 7 nitrogen and oxygen atoms in total. The Morgan fingerprint density at radius 3 is 2.93 bits per heavy atom.